The molecule has 32 heavy (non-hydrogen) atoms. The predicted molar refractivity (Wildman–Crippen MR) is 125 cm³/mol. The van der Waals surface area contributed by atoms with Crippen LogP contribution < -0.4 is 4.74 Å². The van der Waals surface area contributed by atoms with Crippen LogP contribution in [0.15, 0.2) is 48.0 Å². The van der Waals surface area contributed by atoms with Crippen LogP contribution in [0.5, 0.6) is 11.5 Å². The van der Waals surface area contributed by atoms with E-state index >= 15 is 0 Å². The van der Waals surface area contributed by atoms with Crippen molar-refractivity contribution in [2.75, 3.05) is 20.7 Å². The number of hydrogen-bond acceptors (Lipinski definition) is 4. The summed E-state index contributed by atoms with van der Waals surface area (Å²) >= 11 is 0. The Hall–Kier alpha value is -2.59. The van der Waals surface area contributed by atoms with Crippen LogP contribution >= 0.6 is 0 Å². The van der Waals surface area contributed by atoms with E-state index in [-0.39, 0.29) is 22.5 Å². The van der Waals surface area contributed by atoms with Crippen molar-refractivity contribution in [3.63, 3.8) is 0 Å². The Morgan fingerprint density at radius 2 is 1.94 bits per heavy atom. The largest absolute Gasteiger partial charge is 0.504 e. The fraction of sp³-hybridized carbons (Fsp3) is 0.464. The number of phenols is 1. The van der Waals surface area contributed by atoms with Crippen LogP contribution in [0, 0.1) is 11.3 Å². The molecular weight excluding hydrogens is 398 g/mol. The third-order valence-corrected chi connectivity index (χ3v) is 9.40. The number of methoxy groups -OCH3 is 1. The van der Waals surface area contributed by atoms with Gasteiger partial charge in [-0.25, -0.2) is 0 Å². The molecule has 0 unspecified atom stereocenters. The monoisotopic (exact) mass is 429 g/mol. The van der Waals surface area contributed by atoms with Crippen LogP contribution in [0.1, 0.15) is 49.3 Å². The van der Waals surface area contributed by atoms with Crippen LogP contribution in [0.25, 0.3) is 5.57 Å². The molecule has 4 aliphatic rings. The number of hydrogen-bond donors (Lipinski definition) is 1. The maximum Gasteiger partial charge on any atom is 0.161 e. The molecule has 1 aliphatic heterocycles. The molecule has 4 heteroatoms. The average molecular weight is 430 g/mol. The number of allylic oxidation sites excluding steroid dienone is 2. The van der Waals surface area contributed by atoms with Crippen molar-refractivity contribution >= 4 is 11.4 Å². The van der Waals surface area contributed by atoms with Gasteiger partial charge in [0.05, 0.1) is 7.11 Å². The van der Waals surface area contributed by atoms with Crippen molar-refractivity contribution in [2.45, 2.75) is 50.5 Å². The van der Waals surface area contributed by atoms with Gasteiger partial charge in [0.1, 0.15) is 5.78 Å². The average Bonchev–Trinajstić information content (AvgIpc) is 3.04. The lowest BCUT2D eigenvalue weighted by atomic mass is 9.44. The van der Waals surface area contributed by atoms with Crippen LogP contribution in [-0.4, -0.2) is 42.5 Å². The first-order valence-electron chi connectivity index (χ1n) is 11.8. The van der Waals surface area contributed by atoms with Crippen molar-refractivity contribution < 1.29 is 14.6 Å². The lowest BCUT2D eigenvalue weighted by Gasteiger charge is -2.64. The Labute approximate surface area is 189 Å². The summed E-state index contributed by atoms with van der Waals surface area (Å²) in [5.41, 5.74) is 5.56. The molecule has 1 heterocycles. The van der Waals surface area contributed by atoms with Crippen LogP contribution in [0.3, 0.4) is 0 Å². The minimum absolute atomic E-state index is 0.0270. The van der Waals surface area contributed by atoms with Crippen molar-refractivity contribution in [3.05, 3.63) is 64.7 Å². The first-order chi connectivity index (χ1) is 15.4. The number of piperidine rings is 1. The number of likely N-dealkylation sites (N-methyl/N-ethyl adjacent to an activating group) is 1. The standard InChI is InChI=1S/C28H31NO3/c1-17(18-7-5-4-6-8-18)20-16-27-12-11-21(30)25(20)28(27)13-14-29(2)23(27)15-19-9-10-22(32-3)26(31)24(19)28/h4-10,23,25,31H,11-16H2,1-3H3/b20-17-/t23-,25-,27+,28-/m0/s1. The SMILES string of the molecule is COc1ccc2c(c1O)[C@]13CCN(C)[C@@H](C2)[C@]12CCC(=O)[C@@H]3/C(=C(/C)c1ccccc1)C2. The Morgan fingerprint density at radius 3 is 2.69 bits per heavy atom. The molecule has 0 aromatic heterocycles. The first-order valence-corrected chi connectivity index (χ1v) is 11.8. The van der Waals surface area contributed by atoms with E-state index in [2.05, 4.69) is 49.2 Å². The quantitative estimate of drug-likeness (QED) is 0.749. The molecule has 4 nitrogen and oxygen atoms in total. The smallest absolute Gasteiger partial charge is 0.161 e. The van der Waals surface area contributed by atoms with E-state index in [4.69, 9.17) is 4.74 Å². The zero-order chi connectivity index (χ0) is 22.3. The van der Waals surface area contributed by atoms with Gasteiger partial charge in [-0.3, -0.25) is 4.79 Å². The number of benzene rings is 2. The van der Waals surface area contributed by atoms with Gasteiger partial charge in [0.2, 0.25) is 0 Å². The summed E-state index contributed by atoms with van der Waals surface area (Å²) < 4.78 is 5.55. The maximum absolute atomic E-state index is 13.7. The number of nitrogens with zero attached hydrogens (tertiary/aromatic N) is 1. The zero-order valence-electron chi connectivity index (χ0n) is 19.1. The first kappa shape index (κ1) is 20.0. The summed E-state index contributed by atoms with van der Waals surface area (Å²) in [6, 6.07) is 14.9. The molecule has 2 saturated carbocycles. The summed E-state index contributed by atoms with van der Waals surface area (Å²) in [5.74, 6) is 0.968. The number of ketones is 1. The molecule has 1 N–H and O–H groups in total. The van der Waals surface area contributed by atoms with Gasteiger partial charge >= 0.3 is 0 Å². The van der Waals surface area contributed by atoms with Gasteiger partial charge < -0.3 is 14.7 Å². The van der Waals surface area contributed by atoms with Crippen LogP contribution in [0.2, 0.25) is 0 Å². The van der Waals surface area contributed by atoms with Gasteiger partial charge in [0.25, 0.3) is 0 Å². The van der Waals surface area contributed by atoms with Gasteiger partial charge in [-0.2, -0.15) is 0 Å². The number of carbonyl (C=O) groups excluding carboxylic acids is 1. The Balaban J connectivity index is 1.68. The lowest BCUT2D eigenvalue weighted by molar-refractivity contribution is -0.138. The number of phenolic OH excluding ortho intramolecular Hbond substituents is 1. The Bertz CT molecular complexity index is 1150. The predicted octanol–water partition coefficient (Wildman–Crippen LogP) is 4.74. The summed E-state index contributed by atoms with van der Waals surface area (Å²) in [6.45, 7) is 3.14. The highest BCUT2D eigenvalue weighted by Gasteiger charge is 2.73. The number of Topliss-reactive ketones (excluding diaryl/α,β-unsaturated/α-hetero) is 1. The van der Waals surface area contributed by atoms with E-state index in [9.17, 15) is 9.90 Å². The van der Waals surface area contributed by atoms with E-state index in [1.54, 1.807) is 7.11 Å². The number of ether oxygens (including phenoxy) is 1. The second-order valence-corrected chi connectivity index (χ2v) is 10.3. The lowest BCUT2D eigenvalue weighted by Crippen LogP contribution is -2.67. The topological polar surface area (TPSA) is 49.8 Å². The minimum atomic E-state index is -0.350. The molecule has 0 spiro atoms. The third-order valence-electron chi connectivity index (χ3n) is 9.40. The molecule has 3 aliphatic carbocycles. The zero-order valence-corrected chi connectivity index (χ0v) is 19.1. The molecule has 0 amide bonds. The Morgan fingerprint density at radius 1 is 1.16 bits per heavy atom. The molecule has 1 saturated heterocycles. The summed E-state index contributed by atoms with van der Waals surface area (Å²) in [7, 11) is 3.86. The maximum atomic E-state index is 13.7. The van der Waals surface area contributed by atoms with Gasteiger partial charge in [0, 0.05) is 34.8 Å². The highest BCUT2D eigenvalue weighted by molar-refractivity contribution is 5.92. The fourth-order valence-electron chi connectivity index (χ4n) is 8.11. The number of carbonyl (C=O) groups is 1. The highest BCUT2D eigenvalue weighted by atomic mass is 16.5. The van der Waals surface area contributed by atoms with Crippen LogP contribution in [0.4, 0.5) is 0 Å². The van der Waals surface area contributed by atoms with E-state index in [0.29, 0.717) is 24.0 Å². The van der Waals surface area contributed by atoms with E-state index in [1.165, 1.54) is 22.3 Å². The highest BCUT2D eigenvalue weighted by Crippen LogP contribution is 2.74. The van der Waals surface area contributed by atoms with Gasteiger partial charge in [0.15, 0.2) is 11.5 Å². The molecule has 2 aromatic rings. The van der Waals surface area contributed by atoms with E-state index in [1.807, 2.05) is 12.1 Å². The summed E-state index contributed by atoms with van der Waals surface area (Å²) in [6.07, 6.45) is 4.30. The molecule has 3 fully saturated rings. The molecular formula is C28H31NO3. The molecule has 166 valence electrons. The minimum Gasteiger partial charge on any atom is -0.504 e. The second-order valence-electron chi connectivity index (χ2n) is 10.3. The number of rotatable bonds is 2. The van der Waals surface area contributed by atoms with Gasteiger partial charge in [-0.1, -0.05) is 42.0 Å². The molecule has 0 radical (unpaired) electrons. The second kappa shape index (κ2) is 6.71. The molecule has 2 aromatic carbocycles. The summed E-state index contributed by atoms with van der Waals surface area (Å²) in [5, 5.41) is 11.5. The van der Waals surface area contributed by atoms with Crippen molar-refractivity contribution in [3.8, 4) is 11.5 Å². The van der Waals surface area contributed by atoms with E-state index < -0.39 is 0 Å². The van der Waals surface area contributed by atoms with Crippen molar-refractivity contribution in [2.24, 2.45) is 11.3 Å². The fourth-order valence-corrected chi connectivity index (χ4v) is 8.11. The van der Waals surface area contributed by atoms with E-state index in [0.717, 1.165) is 37.8 Å². The number of aromatic hydroxyl groups is 1. The molecule has 4 atom stereocenters. The molecule has 6 rings (SSSR count). The summed E-state index contributed by atoms with van der Waals surface area (Å²) in [4.78, 5) is 16.3. The van der Waals surface area contributed by atoms with Gasteiger partial charge in [-0.05, 0) is 69.0 Å². The number of likely N-dealkylation sites (tertiary alicyclic amines) is 1. The Kier molecular flexibility index (Phi) is 4.20. The molecule has 4 bridgehead atoms. The number of fused-ring (bicyclic) bond motifs is 1. The van der Waals surface area contributed by atoms with Crippen molar-refractivity contribution in [1.82, 2.24) is 4.90 Å². The van der Waals surface area contributed by atoms with Crippen LogP contribution in [-0.2, 0) is 16.6 Å². The third kappa shape index (κ3) is 2.24. The normalized spacial score (nSPS) is 34.7. The van der Waals surface area contributed by atoms with Crippen molar-refractivity contribution in [1.29, 1.82) is 0 Å². The van der Waals surface area contributed by atoms with Gasteiger partial charge in [-0.15, -0.1) is 0 Å².